The van der Waals surface area contributed by atoms with Gasteiger partial charge in [0.25, 0.3) is 5.69 Å². The van der Waals surface area contributed by atoms with Crippen LogP contribution in [0.2, 0.25) is 10.2 Å². The number of nitro groups is 1. The van der Waals surface area contributed by atoms with Gasteiger partial charge < -0.3 is 0 Å². The van der Waals surface area contributed by atoms with Gasteiger partial charge in [0.05, 0.1) is 15.6 Å². The Balaban J connectivity index is 2.56. The standard InChI is InChI=1S/C8H3Cl2N3O2S2/c9-5-2-1-4(13(14)15)3-6(5)11-8-7(10)12-17-16-8/h1-3H. The summed E-state index contributed by atoms with van der Waals surface area (Å²) in [4.78, 5) is 14.3. The van der Waals surface area contributed by atoms with Crippen LogP contribution in [-0.4, -0.2) is 9.30 Å². The minimum absolute atomic E-state index is 0.0718. The van der Waals surface area contributed by atoms with Crippen LogP contribution in [0.3, 0.4) is 0 Å². The number of benzene rings is 1. The highest BCUT2D eigenvalue weighted by Gasteiger charge is 2.09. The van der Waals surface area contributed by atoms with Crippen LogP contribution in [0.5, 0.6) is 0 Å². The first-order valence-corrected chi connectivity index (χ1v) is 7.04. The van der Waals surface area contributed by atoms with Crippen LogP contribution in [0.15, 0.2) is 23.2 Å². The molecule has 0 saturated heterocycles. The second-order valence-corrected chi connectivity index (χ2v) is 5.45. The molecule has 88 valence electrons. The molecule has 1 aromatic carbocycles. The van der Waals surface area contributed by atoms with Crippen molar-refractivity contribution in [3.63, 3.8) is 0 Å². The van der Waals surface area contributed by atoms with Gasteiger partial charge in [-0.1, -0.05) is 23.2 Å². The van der Waals surface area contributed by atoms with Crippen LogP contribution in [0.4, 0.5) is 11.4 Å². The van der Waals surface area contributed by atoms with E-state index in [1.807, 2.05) is 0 Å². The van der Waals surface area contributed by atoms with Gasteiger partial charge >= 0.3 is 0 Å². The first-order valence-electron chi connectivity index (χ1n) is 4.18. The molecular weight excluding hydrogens is 305 g/mol. The molecule has 2 aromatic rings. The van der Waals surface area contributed by atoms with Gasteiger partial charge in [-0.15, -0.1) is 0 Å². The molecule has 0 radical (unpaired) electrons. The molecular formula is C8H3Cl2N3O2S2. The summed E-state index contributed by atoms with van der Waals surface area (Å²) in [5.74, 6) is 0. The summed E-state index contributed by atoms with van der Waals surface area (Å²) < 4.78 is 4.34. The smallest absolute Gasteiger partial charge is 0.258 e. The molecule has 0 fully saturated rings. The molecule has 0 spiro atoms. The van der Waals surface area contributed by atoms with E-state index in [1.165, 1.54) is 39.1 Å². The molecule has 0 saturated carbocycles. The topological polar surface area (TPSA) is 68.4 Å². The summed E-state index contributed by atoms with van der Waals surface area (Å²) >= 11 is 11.7. The molecule has 0 amide bonds. The SMILES string of the molecule is O=[N+]([O-])c1ccc(Cl)c(N=c2ssnc2Cl)c1. The Morgan fingerprint density at radius 1 is 1.41 bits per heavy atom. The summed E-state index contributed by atoms with van der Waals surface area (Å²) in [5, 5.41) is 11.2. The third kappa shape index (κ3) is 2.81. The number of nitro benzene ring substituents is 1. The average Bonchev–Trinajstić information content (AvgIpc) is 2.67. The summed E-state index contributed by atoms with van der Waals surface area (Å²) in [5.41, 5.74) is 0.233. The largest absolute Gasteiger partial charge is 0.271 e. The van der Waals surface area contributed by atoms with Crippen molar-refractivity contribution in [2.24, 2.45) is 4.99 Å². The van der Waals surface area contributed by atoms with Crippen molar-refractivity contribution >= 4 is 55.5 Å². The third-order valence-electron chi connectivity index (χ3n) is 1.77. The van der Waals surface area contributed by atoms with Crippen LogP contribution in [-0.2, 0) is 0 Å². The van der Waals surface area contributed by atoms with Gasteiger partial charge in [-0.05, 0) is 16.4 Å². The monoisotopic (exact) mass is 307 g/mol. The van der Waals surface area contributed by atoms with Crippen LogP contribution >= 0.6 is 44.1 Å². The number of non-ortho nitro benzene ring substituents is 1. The normalized spacial score (nSPS) is 11.8. The Morgan fingerprint density at radius 3 is 2.76 bits per heavy atom. The molecule has 1 heterocycles. The van der Waals surface area contributed by atoms with Gasteiger partial charge in [0.15, 0.2) is 9.82 Å². The highest BCUT2D eigenvalue weighted by atomic mass is 35.5. The van der Waals surface area contributed by atoms with Gasteiger partial charge in [-0.2, -0.15) is 4.37 Å². The molecule has 0 aliphatic rings. The maximum atomic E-state index is 10.6. The molecule has 9 heteroatoms. The zero-order chi connectivity index (χ0) is 12.4. The maximum Gasteiger partial charge on any atom is 0.271 e. The Morgan fingerprint density at radius 2 is 2.18 bits per heavy atom. The summed E-state index contributed by atoms with van der Waals surface area (Å²) in [6.45, 7) is 0. The van der Waals surface area contributed by atoms with Crippen molar-refractivity contribution in [1.82, 2.24) is 4.37 Å². The second-order valence-electron chi connectivity index (χ2n) is 2.85. The second kappa shape index (κ2) is 5.09. The number of rotatable bonds is 2. The van der Waals surface area contributed by atoms with Gasteiger partial charge in [0.2, 0.25) is 0 Å². The first-order chi connectivity index (χ1) is 8.08. The number of nitrogens with zero attached hydrogens (tertiary/aromatic N) is 3. The Labute approximate surface area is 113 Å². The number of hydrogen-bond donors (Lipinski definition) is 0. The van der Waals surface area contributed by atoms with Gasteiger partial charge in [0.1, 0.15) is 0 Å². The zero-order valence-electron chi connectivity index (χ0n) is 7.96. The summed E-state index contributed by atoms with van der Waals surface area (Å²) in [6.07, 6.45) is 0. The molecule has 1 aromatic heterocycles. The molecule has 0 aliphatic carbocycles. The van der Waals surface area contributed by atoms with Crippen molar-refractivity contribution in [3.8, 4) is 0 Å². The Kier molecular flexibility index (Phi) is 3.72. The van der Waals surface area contributed by atoms with E-state index in [2.05, 4.69) is 9.37 Å². The van der Waals surface area contributed by atoms with Crippen LogP contribution in [0, 0.1) is 10.1 Å². The van der Waals surface area contributed by atoms with E-state index in [9.17, 15) is 10.1 Å². The molecule has 0 aliphatic heterocycles. The summed E-state index contributed by atoms with van der Waals surface area (Å²) in [6, 6.07) is 4.04. The van der Waals surface area contributed by atoms with Crippen molar-refractivity contribution in [3.05, 3.63) is 43.2 Å². The maximum absolute atomic E-state index is 10.6. The van der Waals surface area contributed by atoms with Crippen LogP contribution in [0.25, 0.3) is 0 Å². The van der Waals surface area contributed by atoms with E-state index in [-0.39, 0.29) is 10.8 Å². The van der Waals surface area contributed by atoms with E-state index in [1.54, 1.807) is 0 Å². The minimum atomic E-state index is -0.508. The molecule has 5 nitrogen and oxygen atoms in total. The fraction of sp³-hybridized carbons (Fsp3) is 0. The van der Waals surface area contributed by atoms with Crippen LogP contribution in [0.1, 0.15) is 0 Å². The van der Waals surface area contributed by atoms with Gasteiger partial charge in [0, 0.05) is 22.7 Å². The number of halogens is 2. The van der Waals surface area contributed by atoms with Gasteiger partial charge in [-0.3, -0.25) is 10.1 Å². The number of hydrogen-bond acceptors (Lipinski definition) is 6. The molecule has 17 heavy (non-hydrogen) atoms. The lowest BCUT2D eigenvalue weighted by Crippen LogP contribution is -1.93. The Bertz CT molecular complexity index is 638. The predicted molar refractivity (Wildman–Crippen MR) is 68.3 cm³/mol. The molecule has 0 atom stereocenters. The van der Waals surface area contributed by atoms with E-state index >= 15 is 0 Å². The predicted octanol–water partition coefficient (Wildman–Crippen LogP) is 3.65. The highest BCUT2D eigenvalue weighted by Crippen LogP contribution is 2.29. The zero-order valence-corrected chi connectivity index (χ0v) is 11.1. The molecule has 0 unspecified atom stereocenters. The number of aromatic nitrogens is 1. The first kappa shape index (κ1) is 12.4. The lowest BCUT2D eigenvalue weighted by atomic mass is 10.3. The quantitative estimate of drug-likeness (QED) is 0.483. The fourth-order valence-corrected chi connectivity index (χ4v) is 3.18. The summed E-state index contributed by atoms with van der Waals surface area (Å²) in [7, 11) is 2.46. The molecule has 0 bridgehead atoms. The Hall–Kier alpha value is -1.02. The van der Waals surface area contributed by atoms with Crippen molar-refractivity contribution in [2.45, 2.75) is 0 Å². The van der Waals surface area contributed by atoms with E-state index in [0.717, 1.165) is 0 Å². The van der Waals surface area contributed by atoms with Crippen LogP contribution < -0.4 is 4.67 Å². The fourth-order valence-electron chi connectivity index (χ4n) is 1.03. The average molecular weight is 308 g/mol. The molecule has 0 N–H and O–H groups in total. The third-order valence-corrected chi connectivity index (χ3v) is 4.26. The van der Waals surface area contributed by atoms with Crippen molar-refractivity contribution < 1.29 is 4.92 Å². The van der Waals surface area contributed by atoms with Gasteiger partial charge in [-0.25, -0.2) is 4.99 Å². The van der Waals surface area contributed by atoms with Crippen molar-refractivity contribution in [2.75, 3.05) is 0 Å². The lowest BCUT2D eigenvalue weighted by molar-refractivity contribution is -0.384. The lowest BCUT2D eigenvalue weighted by Gasteiger charge is -1.96. The molecule has 2 rings (SSSR count). The van der Waals surface area contributed by atoms with Crippen molar-refractivity contribution in [1.29, 1.82) is 0 Å². The minimum Gasteiger partial charge on any atom is -0.258 e. The van der Waals surface area contributed by atoms with E-state index < -0.39 is 4.92 Å². The highest BCUT2D eigenvalue weighted by molar-refractivity contribution is 7.66. The van der Waals surface area contributed by atoms with E-state index in [4.69, 9.17) is 23.2 Å². The van der Waals surface area contributed by atoms with E-state index in [0.29, 0.717) is 15.4 Å².